The van der Waals surface area contributed by atoms with Gasteiger partial charge in [-0.25, -0.2) is 9.59 Å². The molecule has 0 fully saturated rings. The van der Waals surface area contributed by atoms with Crippen molar-refractivity contribution in [1.82, 2.24) is 26.6 Å². The van der Waals surface area contributed by atoms with E-state index in [0.717, 1.165) is 0 Å². The topological polar surface area (TPSA) is 203 Å². The van der Waals surface area contributed by atoms with Crippen molar-refractivity contribution >= 4 is 35.7 Å². The van der Waals surface area contributed by atoms with E-state index in [1.807, 2.05) is 13.8 Å². The van der Waals surface area contributed by atoms with Crippen LogP contribution >= 0.6 is 0 Å². The second-order valence-electron chi connectivity index (χ2n) is 10.8. The van der Waals surface area contributed by atoms with Crippen LogP contribution in [-0.4, -0.2) is 76.1 Å². The lowest BCUT2D eigenvalue weighted by molar-refractivity contribution is -0.144. The average molecular weight is 544 g/mol. The van der Waals surface area contributed by atoms with E-state index < -0.39 is 71.7 Å². The van der Waals surface area contributed by atoms with Gasteiger partial charge < -0.3 is 36.8 Å². The van der Waals surface area contributed by atoms with E-state index in [1.54, 1.807) is 34.6 Å². The molecule has 7 N–H and O–H groups in total. The number of rotatable bonds is 15. The van der Waals surface area contributed by atoms with Crippen molar-refractivity contribution in [2.45, 2.75) is 111 Å². The summed E-state index contributed by atoms with van der Waals surface area (Å²) in [5, 5.41) is 31.0. The normalized spacial score (nSPS) is 14.6. The summed E-state index contributed by atoms with van der Waals surface area (Å²) in [6.45, 7) is 13.9. The van der Waals surface area contributed by atoms with E-state index in [9.17, 15) is 39.0 Å². The van der Waals surface area contributed by atoms with Crippen molar-refractivity contribution in [3.05, 3.63) is 0 Å². The molecule has 0 aliphatic carbocycles. The second-order valence-corrected chi connectivity index (χ2v) is 10.8. The maximum Gasteiger partial charge on any atom is 0.326 e. The van der Waals surface area contributed by atoms with Crippen molar-refractivity contribution < 1.29 is 39.0 Å². The number of urea groups is 1. The minimum absolute atomic E-state index is 0.0676. The van der Waals surface area contributed by atoms with Gasteiger partial charge in [0.1, 0.15) is 24.2 Å². The largest absolute Gasteiger partial charge is 0.481 e. The Hall–Kier alpha value is -3.38. The summed E-state index contributed by atoms with van der Waals surface area (Å²) in [5.41, 5.74) is -0.723. The zero-order chi connectivity index (χ0) is 29.8. The highest BCUT2D eigenvalue weighted by molar-refractivity contribution is 5.96. The Morgan fingerprint density at radius 3 is 1.66 bits per heavy atom. The van der Waals surface area contributed by atoms with Crippen LogP contribution in [0, 0.1) is 11.3 Å². The molecule has 4 atom stereocenters. The number of amides is 5. The molecule has 1 unspecified atom stereocenters. The lowest BCUT2D eigenvalue weighted by Gasteiger charge is -2.32. The summed E-state index contributed by atoms with van der Waals surface area (Å²) in [5.74, 6) is -5.23. The van der Waals surface area contributed by atoms with Crippen molar-refractivity contribution in [1.29, 1.82) is 0 Å². The van der Waals surface area contributed by atoms with Gasteiger partial charge in [0, 0.05) is 6.04 Å². The Balaban J connectivity index is 5.48. The van der Waals surface area contributed by atoms with Crippen molar-refractivity contribution in [3.63, 3.8) is 0 Å². The Morgan fingerprint density at radius 1 is 0.711 bits per heavy atom. The average Bonchev–Trinajstić information content (AvgIpc) is 2.78. The fraction of sp³-hybridized carbons (Fsp3) is 0.760. The number of carboxylic acid groups (broad SMARTS) is 2. The van der Waals surface area contributed by atoms with Gasteiger partial charge in [-0.1, -0.05) is 48.5 Å². The van der Waals surface area contributed by atoms with Crippen LogP contribution in [0.4, 0.5) is 4.79 Å². The van der Waals surface area contributed by atoms with Gasteiger partial charge in [0.25, 0.3) is 0 Å². The summed E-state index contributed by atoms with van der Waals surface area (Å²) in [6.07, 6.45) is 0.731. The van der Waals surface area contributed by atoms with Gasteiger partial charge >= 0.3 is 18.0 Å². The van der Waals surface area contributed by atoms with E-state index in [1.165, 1.54) is 6.92 Å². The first-order valence-electron chi connectivity index (χ1n) is 12.8. The quantitative estimate of drug-likeness (QED) is 0.158. The highest BCUT2D eigenvalue weighted by Crippen LogP contribution is 2.19. The number of aliphatic carboxylic acids is 2. The molecular formula is C25H45N5O8. The first kappa shape index (κ1) is 34.6. The van der Waals surface area contributed by atoms with E-state index in [2.05, 4.69) is 26.6 Å². The standard InChI is InChI=1S/C25H45N5O8/c1-9-15(10-2)27-24(38)30-19(25(6,7)8)22(35)26-14(5)20(33)28-16(12-18(31)32)21(34)29-17(23(36)37)11-13(3)4/h13-17,19H,9-12H2,1-8H3,(H,26,35)(H,28,33)(H,29,34)(H,31,32)(H,36,37)(H2,27,30,38)/t14?,16-,17-,19+/m0/s1. The molecule has 0 aliphatic heterocycles. The first-order valence-corrected chi connectivity index (χ1v) is 12.8. The molecule has 0 aromatic rings. The van der Waals surface area contributed by atoms with Crippen LogP contribution in [0.2, 0.25) is 0 Å². The Morgan fingerprint density at radius 2 is 1.24 bits per heavy atom. The lowest BCUT2D eigenvalue weighted by Crippen LogP contribution is -2.60. The van der Waals surface area contributed by atoms with Gasteiger partial charge in [-0.3, -0.25) is 19.2 Å². The van der Waals surface area contributed by atoms with Gasteiger partial charge in [-0.2, -0.15) is 0 Å². The van der Waals surface area contributed by atoms with Gasteiger partial charge in [0.05, 0.1) is 6.42 Å². The molecule has 38 heavy (non-hydrogen) atoms. The summed E-state index contributed by atoms with van der Waals surface area (Å²) in [6, 6.07) is -5.66. The van der Waals surface area contributed by atoms with Crippen LogP contribution in [0.15, 0.2) is 0 Å². The third-order valence-corrected chi connectivity index (χ3v) is 5.81. The van der Waals surface area contributed by atoms with Crippen LogP contribution < -0.4 is 26.6 Å². The molecule has 0 saturated heterocycles. The first-order chi connectivity index (χ1) is 17.4. The number of carbonyl (C=O) groups excluding carboxylic acids is 4. The monoisotopic (exact) mass is 543 g/mol. The molecule has 0 bridgehead atoms. The third-order valence-electron chi connectivity index (χ3n) is 5.81. The van der Waals surface area contributed by atoms with Gasteiger partial charge in [0.2, 0.25) is 17.7 Å². The van der Waals surface area contributed by atoms with Gasteiger partial charge in [-0.15, -0.1) is 0 Å². The third kappa shape index (κ3) is 12.7. The fourth-order valence-electron chi connectivity index (χ4n) is 3.53. The predicted octanol–water partition coefficient (Wildman–Crippen LogP) is 0.969. The Kier molecular flexibility index (Phi) is 14.4. The zero-order valence-corrected chi connectivity index (χ0v) is 23.6. The van der Waals surface area contributed by atoms with E-state index in [4.69, 9.17) is 0 Å². The molecule has 0 aromatic carbocycles. The van der Waals surface area contributed by atoms with E-state index in [-0.39, 0.29) is 18.4 Å². The minimum Gasteiger partial charge on any atom is -0.481 e. The molecule has 0 heterocycles. The van der Waals surface area contributed by atoms with Crippen molar-refractivity contribution in [2.24, 2.45) is 11.3 Å². The maximum absolute atomic E-state index is 13.0. The SMILES string of the molecule is CCC(CC)NC(=O)N[C@H](C(=O)NC(C)C(=O)N[C@@H](CC(=O)O)C(=O)N[C@@H](CC(C)C)C(=O)O)C(C)(C)C. The highest BCUT2D eigenvalue weighted by Gasteiger charge is 2.35. The molecule has 0 aromatic heterocycles. The summed E-state index contributed by atoms with van der Waals surface area (Å²) in [7, 11) is 0. The van der Waals surface area contributed by atoms with Crippen molar-refractivity contribution in [3.8, 4) is 0 Å². The number of hydrogen-bond acceptors (Lipinski definition) is 6. The number of carboxylic acids is 2. The van der Waals surface area contributed by atoms with Crippen LogP contribution in [0.3, 0.4) is 0 Å². The summed E-state index contributed by atoms with van der Waals surface area (Å²) < 4.78 is 0. The van der Waals surface area contributed by atoms with Crippen LogP contribution in [0.25, 0.3) is 0 Å². The predicted molar refractivity (Wildman–Crippen MR) is 140 cm³/mol. The fourth-order valence-corrected chi connectivity index (χ4v) is 3.53. The molecule has 13 heteroatoms. The molecule has 0 radical (unpaired) electrons. The Bertz CT molecular complexity index is 851. The summed E-state index contributed by atoms with van der Waals surface area (Å²) >= 11 is 0. The van der Waals surface area contributed by atoms with E-state index in [0.29, 0.717) is 12.8 Å². The lowest BCUT2D eigenvalue weighted by atomic mass is 9.86. The molecule has 13 nitrogen and oxygen atoms in total. The number of nitrogens with one attached hydrogen (secondary N) is 5. The second kappa shape index (κ2) is 15.8. The molecule has 0 spiro atoms. The molecular weight excluding hydrogens is 498 g/mol. The number of hydrogen-bond donors (Lipinski definition) is 7. The van der Waals surface area contributed by atoms with Crippen LogP contribution in [-0.2, 0) is 24.0 Å². The van der Waals surface area contributed by atoms with Crippen molar-refractivity contribution in [2.75, 3.05) is 0 Å². The van der Waals surface area contributed by atoms with Gasteiger partial charge in [0.15, 0.2) is 0 Å². The van der Waals surface area contributed by atoms with E-state index >= 15 is 0 Å². The molecule has 0 aliphatic rings. The Labute approximate surface area is 224 Å². The molecule has 0 rings (SSSR count). The maximum atomic E-state index is 13.0. The van der Waals surface area contributed by atoms with Crippen LogP contribution in [0.5, 0.6) is 0 Å². The van der Waals surface area contributed by atoms with Crippen LogP contribution in [0.1, 0.15) is 81.1 Å². The highest BCUT2D eigenvalue weighted by atomic mass is 16.4. The minimum atomic E-state index is -1.57. The smallest absolute Gasteiger partial charge is 0.326 e. The summed E-state index contributed by atoms with van der Waals surface area (Å²) in [4.78, 5) is 73.7. The molecule has 5 amide bonds. The number of carbonyl (C=O) groups is 6. The molecule has 0 saturated carbocycles. The molecule has 218 valence electrons. The van der Waals surface area contributed by atoms with Gasteiger partial charge in [-0.05, 0) is 37.5 Å². The zero-order valence-electron chi connectivity index (χ0n) is 23.6.